The number of nitrogens with two attached hydrogens (primary N) is 1. The fourth-order valence-corrected chi connectivity index (χ4v) is 3.53. The number of nitrogens with zero attached hydrogens (tertiary/aromatic N) is 1. The standard InChI is InChI=1S/C12H14N2S2/c1-9-4-2-3-5-10(9)11(8-13)16-12-14-6-7-15-12/h2-7,11H,8,13H2,1H3. The van der Waals surface area contributed by atoms with Crippen molar-refractivity contribution in [1.82, 2.24) is 4.98 Å². The molecule has 1 heterocycles. The second-order valence-corrected chi connectivity index (χ2v) is 5.84. The van der Waals surface area contributed by atoms with Crippen LogP contribution in [0.3, 0.4) is 0 Å². The molecule has 1 aromatic carbocycles. The van der Waals surface area contributed by atoms with Crippen LogP contribution in [0.2, 0.25) is 0 Å². The van der Waals surface area contributed by atoms with Crippen LogP contribution < -0.4 is 5.73 Å². The number of rotatable bonds is 4. The predicted octanol–water partition coefficient (Wildman–Crippen LogP) is 3.24. The molecule has 0 amide bonds. The van der Waals surface area contributed by atoms with E-state index in [1.54, 1.807) is 23.1 Å². The van der Waals surface area contributed by atoms with Crippen molar-refractivity contribution in [2.24, 2.45) is 5.73 Å². The first-order valence-electron chi connectivity index (χ1n) is 5.13. The number of thioether (sulfide) groups is 1. The average molecular weight is 250 g/mol. The monoisotopic (exact) mass is 250 g/mol. The summed E-state index contributed by atoms with van der Waals surface area (Å²) < 4.78 is 1.08. The smallest absolute Gasteiger partial charge is 0.150 e. The van der Waals surface area contributed by atoms with E-state index in [1.165, 1.54) is 11.1 Å². The lowest BCUT2D eigenvalue weighted by Crippen LogP contribution is -2.10. The van der Waals surface area contributed by atoms with Gasteiger partial charge in [-0.05, 0) is 18.1 Å². The van der Waals surface area contributed by atoms with Crippen LogP contribution in [0.25, 0.3) is 0 Å². The number of hydrogen-bond acceptors (Lipinski definition) is 4. The van der Waals surface area contributed by atoms with Gasteiger partial charge in [0.1, 0.15) is 4.34 Å². The first-order valence-corrected chi connectivity index (χ1v) is 6.89. The van der Waals surface area contributed by atoms with E-state index in [2.05, 4.69) is 36.2 Å². The third-order valence-electron chi connectivity index (χ3n) is 2.40. The highest BCUT2D eigenvalue weighted by atomic mass is 32.2. The average Bonchev–Trinajstić information content (AvgIpc) is 2.80. The summed E-state index contributed by atoms with van der Waals surface area (Å²) >= 11 is 3.41. The van der Waals surface area contributed by atoms with Crippen LogP contribution in [0.15, 0.2) is 40.2 Å². The van der Waals surface area contributed by atoms with Crippen molar-refractivity contribution in [3.63, 3.8) is 0 Å². The predicted molar refractivity (Wildman–Crippen MR) is 70.9 cm³/mol. The number of hydrogen-bond donors (Lipinski definition) is 1. The number of aromatic nitrogens is 1. The maximum absolute atomic E-state index is 5.85. The first kappa shape index (κ1) is 11.6. The Balaban J connectivity index is 2.20. The summed E-state index contributed by atoms with van der Waals surface area (Å²) in [6.45, 7) is 2.76. The summed E-state index contributed by atoms with van der Waals surface area (Å²) in [4.78, 5) is 4.29. The van der Waals surface area contributed by atoms with Crippen LogP contribution in [0.1, 0.15) is 16.4 Å². The number of aryl methyl sites for hydroxylation is 1. The van der Waals surface area contributed by atoms with Crippen molar-refractivity contribution in [2.75, 3.05) is 6.54 Å². The van der Waals surface area contributed by atoms with Gasteiger partial charge < -0.3 is 5.73 Å². The maximum Gasteiger partial charge on any atom is 0.150 e. The summed E-state index contributed by atoms with van der Waals surface area (Å²) in [6.07, 6.45) is 1.83. The highest BCUT2D eigenvalue weighted by Gasteiger charge is 2.14. The topological polar surface area (TPSA) is 38.9 Å². The molecule has 84 valence electrons. The number of benzene rings is 1. The van der Waals surface area contributed by atoms with Crippen molar-refractivity contribution in [1.29, 1.82) is 0 Å². The SMILES string of the molecule is Cc1ccccc1C(CN)Sc1nccs1. The van der Waals surface area contributed by atoms with Gasteiger partial charge in [0.05, 0.1) is 0 Å². The molecule has 1 unspecified atom stereocenters. The molecule has 0 saturated heterocycles. The van der Waals surface area contributed by atoms with Crippen LogP contribution in [0.5, 0.6) is 0 Å². The van der Waals surface area contributed by atoms with E-state index in [9.17, 15) is 0 Å². The molecular weight excluding hydrogens is 236 g/mol. The van der Waals surface area contributed by atoms with Crippen molar-refractivity contribution in [3.8, 4) is 0 Å². The van der Waals surface area contributed by atoms with Gasteiger partial charge in [0, 0.05) is 23.4 Å². The van der Waals surface area contributed by atoms with Gasteiger partial charge in [0.2, 0.25) is 0 Å². The van der Waals surface area contributed by atoms with Crippen molar-refractivity contribution >= 4 is 23.1 Å². The quantitative estimate of drug-likeness (QED) is 0.847. The summed E-state index contributed by atoms with van der Waals surface area (Å²) in [7, 11) is 0. The van der Waals surface area contributed by atoms with E-state index in [4.69, 9.17) is 5.73 Å². The Hall–Kier alpha value is -0.840. The van der Waals surface area contributed by atoms with Crippen molar-refractivity contribution in [3.05, 3.63) is 47.0 Å². The molecule has 0 fully saturated rings. The summed E-state index contributed by atoms with van der Waals surface area (Å²) in [5.41, 5.74) is 8.45. The second-order valence-electron chi connectivity index (χ2n) is 3.50. The van der Waals surface area contributed by atoms with Crippen molar-refractivity contribution in [2.45, 2.75) is 16.5 Å². The molecule has 2 aromatic rings. The van der Waals surface area contributed by atoms with Gasteiger partial charge in [-0.25, -0.2) is 4.98 Å². The van der Waals surface area contributed by atoms with Gasteiger partial charge in [0.25, 0.3) is 0 Å². The Morgan fingerprint density at radius 1 is 1.44 bits per heavy atom. The van der Waals surface area contributed by atoms with Crippen LogP contribution in [-0.2, 0) is 0 Å². The molecule has 0 aliphatic rings. The van der Waals surface area contributed by atoms with Gasteiger partial charge >= 0.3 is 0 Å². The van der Waals surface area contributed by atoms with E-state index in [1.807, 2.05) is 11.6 Å². The molecule has 0 aliphatic carbocycles. The normalized spacial score (nSPS) is 12.6. The zero-order chi connectivity index (χ0) is 11.4. The summed E-state index contributed by atoms with van der Waals surface area (Å²) in [5, 5.41) is 2.29. The van der Waals surface area contributed by atoms with Crippen molar-refractivity contribution < 1.29 is 0 Å². The molecular formula is C12H14N2S2. The Bertz CT molecular complexity index is 440. The third kappa shape index (κ3) is 2.64. The van der Waals surface area contributed by atoms with Crippen LogP contribution in [0.4, 0.5) is 0 Å². The molecule has 1 aromatic heterocycles. The van der Waals surface area contributed by atoms with Gasteiger partial charge in [0.15, 0.2) is 0 Å². The van der Waals surface area contributed by atoms with E-state index in [0.29, 0.717) is 11.8 Å². The van der Waals surface area contributed by atoms with Gasteiger partial charge in [-0.1, -0.05) is 36.0 Å². The minimum absolute atomic E-state index is 0.298. The van der Waals surface area contributed by atoms with Crippen LogP contribution in [0, 0.1) is 6.92 Å². The second kappa shape index (κ2) is 5.48. The maximum atomic E-state index is 5.85. The van der Waals surface area contributed by atoms with E-state index >= 15 is 0 Å². The molecule has 1 atom stereocenters. The Kier molecular flexibility index (Phi) is 3.98. The Morgan fingerprint density at radius 2 is 2.25 bits per heavy atom. The van der Waals surface area contributed by atoms with E-state index < -0.39 is 0 Å². The lowest BCUT2D eigenvalue weighted by molar-refractivity contribution is 0.929. The van der Waals surface area contributed by atoms with Gasteiger partial charge in [-0.3, -0.25) is 0 Å². The molecule has 2 N–H and O–H groups in total. The molecule has 0 aliphatic heterocycles. The highest BCUT2D eigenvalue weighted by molar-refractivity contribution is 8.01. The molecule has 2 nitrogen and oxygen atoms in total. The molecule has 0 spiro atoms. The molecule has 16 heavy (non-hydrogen) atoms. The molecule has 0 radical (unpaired) electrons. The van der Waals surface area contributed by atoms with Gasteiger partial charge in [-0.15, -0.1) is 11.3 Å². The van der Waals surface area contributed by atoms with E-state index in [-0.39, 0.29) is 0 Å². The number of thiazole rings is 1. The Labute approximate surface area is 104 Å². The van der Waals surface area contributed by atoms with E-state index in [0.717, 1.165) is 4.34 Å². The molecule has 4 heteroatoms. The van der Waals surface area contributed by atoms with Crippen LogP contribution >= 0.6 is 23.1 Å². The molecule has 0 bridgehead atoms. The third-order valence-corrected chi connectivity index (χ3v) is 4.58. The van der Waals surface area contributed by atoms with Crippen LogP contribution in [-0.4, -0.2) is 11.5 Å². The fourth-order valence-electron chi connectivity index (χ4n) is 1.58. The first-order chi connectivity index (χ1) is 7.81. The zero-order valence-electron chi connectivity index (χ0n) is 9.09. The lowest BCUT2D eigenvalue weighted by Gasteiger charge is -2.15. The lowest BCUT2D eigenvalue weighted by atomic mass is 10.1. The zero-order valence-corrected chi connectivity index (χ0v) is 10.7. The largest absolute Gasteiger partial charge is 0.329 e. The Morgan fingerprint density at radius 3 is 2.88 bits per heavy atom. The minimum atomic E-state index is 0.298. The van der Waals surface area contributed by atoms with Gasteiger partial charge in [-0.2, -0.15) is 0 Å². The molecule has 0 saturated carbocycles. The molecule has 2 rings (SSSR count). The fraction of sp³-hybridized carbons (Fsp3) is 0.250. The summed E-state index contributed by atoms with van der Waals surface area (Å²) in [5.74, 6) is 0. The minimum Gasteiger partial charge on any atom is -0.329 e. The summed E-state index contributed by atoms with van der Waals surface area (Å²) in [6, 6.07) is 8.39. The highest BCUT2D eigenvalue weighted by Crippen LogP contribution is 2.36.